The van der Waals surface area contributed by atoms with Gasteiger partial charge in [-0.05, 0) is 50.5 Å². The second kappa shape index (κ2) is 6.63. The molecule has 6 heteroatoms. The van der Waals surface area contributed by atoms with Crippen LogP contribution in [0.15, 0.2) is 51.3 Å². The monoisotopic (exact) mass is 348 g/mol. The first-order valence-electron chi connectivity index (χ1n) is 7.68. The van der Waals surface area contributed by atoms with Gasteiger partial charge in [-0.3, -0.25) is 0 Å². The Morgan fingerprint density at radius 1 is 1.09 bits per heavy atom. The van der Waals surface area contributed by atoms with Crippen LogP contribution in [0.5, 0.6) is 0 Å². The van der Waals surface area contributed by atoms with Crippen molar-refractivity contribution in [3.63, 3.8) is 0 Å². The second-order valence-electron chi connectivity index (χ2n) is 5.81. The fraction of sp³-hybridized carbons (Fsp3) is 0.353. The van der Waals surface area contributed by atoms with E-state index in [4.69, 9.17) is 0 Å². The summed E-state index contributed by atoms with van der Waals surface area (Å²) in [5, 5.41) is 0.803. The molecule has 4 nitrogen and oxygen atoms in total. The molecule has 1 fully saturated rings. The first kappa shape index (κ1) is 16.5. The molecule has 0 radical (unpaired) electrons. The van der Waals surface area contributed by atoms with Crippen LogP contribution in [-0.2, 0) is 10.0 Å². The Kier molecular flexibility index (Phi) is 4.75. The predicted octanol–water partition coefficient (Wildman–Crippen LogP) is 3.63. The summed E-state index contributed by atoms with van der Waals surface area (Å²) in [5.41, 5.74) is 2.43. The number of rotatable bonds is 4. The second-order valence-corrected chi connectivity index (χ2v) is 8.81. The van der Waals surface area contributed by atoms with Gasteiger partial charge in [0.15, 0.2) is 0 Å². The quantitative estimate of drug-likeness (QED) is 0.846. The molecule has 0 amide bonds. The molecular weight excluding hydrogens is 328 g/mol. The highest BCUT2D eigenvalue weighted by atomic mass is 32.2. The molecule has 1 saturated heterocycles. The van der Waals surface area contributed by atoms with E-state index in [1.165, 1.54) is 17.3 Å². The molecule has 23 heavy (non-hydrogen) atoms. The molecule has 3 rings (SSSR count). The highest BCUT2D eigenvalue weighted by molar-refractivity contribution is 7.99. The third-order valence-electron chi connectivity index (χ3n) is 3.96. The minimum absolute atomic E-state index is 0.282. The van der Waals surface area contributed by atoms with Gasteiger partial charge in [0.1, 0.15) is 9.92 Å². The van der Waals surface area contributed by atoms with Crippen molar-refractivity contribution in [2.75, 3.05) is 13.1 Å². The zero-order valence-corrected chi connectivity index (χ0v) is 15.0. The van der Waals surface area contributed by atoms with Gasteiger partial charge in [0.05, 0.1) is 0 Å². The number of nitrogens with zero attached hydrogens (tertiary/aromatic N) is 2. The molecule has 2 heterocycles. The van der Waals surface area contributed by atoms with E-state index in [1.807, 2.05) is 0 Å². The maximum atomic E-state index is 12.5. The van der Waals surface area contributed by atoms with Gasteiger partial charge in [-0.1, -0.05) is 29.5 Å². The third-order valence-corrected chi connectivity index (χ3v) is 6.97. The number of sulfonamides is 1. The van der Waals surface area contributed by atoms with Crippen molar-refractivity contribution in [1.29, 1.82) is 0 Å². The molecule has 0 bridgehead atoms. The van der Waals surface area contributed by atoms with E-state index < -0.39 is 10.0 Å². The van der Waals surface area contributed by atoms with E-state index in [2.05, 4.69) is 37.0 Å². The van der Waals surface area contributed by atoms with E-state index in [0.717, 1.165) is 22.8 Å². The van der Waals surface area contributed by atoms with Crippen molar-refractivity contribution in [2.45, 2.75) is 41.5 Å². The molecule has 1 aliphatic rings. The fourth-order valence-corrected chi connectivity index (χ4v) is 4.97. The zero-order chi connectivity index (χ0) is 16.4. The lowest BCUT2D eigenvalue weighted by atomic mass is 10.2. The van der Waals surface area contributed by atoms with Crippen molar-refractivity contribution in [2.24, 2.45) is 0 Å². The molecular formula is C17H20N2O2S2. The van der Waals surface area contributed by atoms with Crippen LogP contribution in [0.1, 0.15) is 24.0 Å². The maximum absolute atomic E-state index is 12.5. The summed E-state index contributed by atoms with van der Waals surface area (Å²) in [6.45, 7) is 5.36. The molecule has 1 aliphatic heterocycles. The van der Waals surface area contributed by atoms with E-state index in [0.29, 0.717) is 13.1 Å². The van der Waals surface area contributed by atoms with E-state index in [1.54, 1.807) is 28.2 Å². The predicted molar refractivity (Wildman–Crippen MR) is 92.3 cm³/mol. The van der Waals surface area contributed by atoms with E-state index in [9.17, 15) is 8.42 Å². The van der Waals surface area contributed by atoms with E-state index in [-0.39, 0.29) is 4.90 Å². The molecule has 0 aliphatic carbocycles. The summed E-state index contributed by atoms with van der Waals surface area (Å²) in [7, 11) is -3.38. The zero-order valence-electron chi connectivity index (χ0n) is 13.3. The van der Waals surface area contributed by atoms with Gasteiger partial charge in [0.25, 0.3) is 0 Å². The van der Waals surface area contributed by atoms with Gasteiger partial charge in [-0.25, -0.2) is 13.4 Å². The smallest absolute Gasteiger partial charge is 0.244 e. The first-order valence-corrected chi connectivity index (χ1v) is 9.94. The molecule has 0 unspecified atom stereocenters. The number of hydrogen-bond acceptors (Lipinski definition) is 4. The topological polar surface area (TPSA) is 50.3 Å². The third kappa shape index (κ3) is 3.59. The Bertz CT molecular complexity index is 796. The maximum Gasteiger partial charge on any atom is 0.244 e. The van der Waals surface area contributed by atoms with Crippen molar-refractivity contribution < 1.29 is 8.42 Å². The Balaban J connectivity index is 1.79. The molecule has 0 atom stereocenters. The number of aryl methyl sites for hydroxylation is 2. The van der Waals surface area contributed by atoms with Crippen LogP contribution in [0.2, 0.25) is 0 Å². The van der Waals surface area contributed by atoms with Crippen molar-refractivity contribution in [1.82, 2.24) is 9.29 Å². The van der Waals surface area contributed by atoms with Crippen LogP contribution in [0, 0.1) is 13.8 Å². The average molecular weight is 348 g/mol. The van der Waals surface area contributed by atoms with Gasteiger partial charge < -0.3 is 0 Å². The minimum atomic E-state index is -3.38. The Morgan fingerprint density at radius 3 is 2.43 bits per heavy atom. The highest BCUT2D eigenvalue weighted by Crippen LogP contribution is 2.30. The number of hydrogen-bond donors (Lipinski definition) is 0. The van der Waals surface area contributed by atoms with Gasteiger partial charge in [0, 0.05) is 24.2 Å². The summed E-state index contributed by atoms with van der Waals surface area (Å²) >= 11 is 1.55. The van der Waals surface area contributed by atoms with Crippen LogP contribution >= 0.6 is 11.8 Å². The van der Waals surface area contributed by atoms with Gasteiger partial charge in [0.2, 0.25) is 10.0 Å². The van der Waals surface area contributed by atoms with Crippen LogP contribution in [0.25, 0.3) is 0 Å². The summed E-state index contributed by atoms with van der Waals surface area (Å²) in [5.74, 6) is 0. The Hall–Kier alpha value is -1.37. The molecule has 2 aromatic rings. The lowest BCUT2D eigenvalue weighted by Crippen LogP contribution is -2.27. The van der Waals surface area contributed by atoms with Gasteiger partial charge >= 0.3 is 0 Å². The van der Waals surface area contributed by atoms with Crippen LogP contribution < -0.4 is 0 Å². The van der Waals surface area contributed by atoms with Crippen LogP contribution in [0.3, 0.4) is 0 Å². The minimum Gasteiger partial charge on any atom is -0.248 e. The summed E-state index contributed by atoms with van der Waals surface area (Å²) in [6.07, 6.45) is 3.35. The van der Waals surface area contributed by atoms with Crippen LogP contribution in [-0.4, -0.2) is 30.8 Å². The largest absolute Gasteiger partial charge is 0.248 e. The average Bonchev–Trinajstić information content (AvgIpc) is 3.06. The van der Waals surface area contributed by atoms with Gasteiger partial charge in [-0.2, -0.15) is 4.31 Å². The fourth-order valence-electron chi connectivity index (χ4n) is 2.68. The number of benzene rings is 1. The lowest BCUT2D eigenvalue weighted by Gasteiger charge is -2.15. The van der Waals surface area contributed by atoms with Crippen molar-refractivity contribution >= 4 is 21.8 Å². The molecule has 1 aromatic carbocycles. The molecule has 122 valence electrons. The molecule has 1 aromatic heterocycles. The Labute approximate surface area is 142 Å². The molecule has 0 saturated carbocycles. The standard InChI is InChI=1S/C17H20N2O2S2/c1-13-5-7-16(14(2)11-13)22-17-8-6-15(12-18-17)23(20,21)19-9-3-4-10-19/h5-8,11-12H,3-4,9-10H2,1-2H3. The summed E-state index contributed by atoms with van der Waals surface area (Å²) in [4.78, 5) is 5.75. The number of aromatic nitrogens is 1. The van der Waals surface area contributed by atoms with Gasteiger partial charge in [-0.15, -0.1) is 0 Å². The normalized spacial score (nSPS) is 15.9. The Morgan fingerprint density at radius 2 is 1.83 bits per heavy atom. The lowest BCUT2D eigenvalue weighted by molar-refractivity contribution is 0.477. The van der Waals surface area contributed by atoms with E-state index >= 15 is 0 Å². The molecule has 0 N–H and O–H groups in total. The SMILES string of the molecule is Cc1ccc(Sc2ccc(S(=O)(=O)N3CCCC3)cn2)c(C)c1. The van der Waals surface area contributed by atoms with Crippen molar-refractivity contribution in [3.05, 3.63) is 47.7 Å². The summed E-state index contributed by atoms with van der Waals surface area (Å²) < 4.78 is 26.5. The highest BCUT2D eigenvalue weighted by Gasteiger charge is 2.27. The number of pyridine rings is 1. The first-order chi connectivity index (χ1) is 11.0. The molecule has 0 spiro atoms. The van der Waals surface area contributed by atoms with Crippen molar-refractivity contribution in [3.8, 4) is 0 Å². The summed E-state index contributed by atoms with van der Waals surface area (Å²) in [6, 6.07) is 9.72. The van der Waals surface area contributed by atoms with Crippen LogP contribution in [0.4, 0.5) is 0 Å².